The maximum absolute atomic E-state index is 14.1. The molecule has 2 amide bonds. The number of ether oxygens (including phenoxy) is 5. The van der Waals surface area contributed by atoms with Crippen LogP contribution in [0.3, 0.4) is 0 Å². The van der Waals surface area contributed by atoms with E-state index in [4.69, 9.17) is 19.2 Å². The lowest BCUT2D eigenvalue weighted by molar-refractivity contribution is -0.286. The van der Waals surface area contributed by atoms with Crippen molar-refractivity contribution in [3.05, 3.63) is 35.4 Å². The van der Waals surface area contributed by atoms with Gasteiger partial charge in [0.25, 0.3) is 11.8 Å². The van der Waals surface area contributed by atoms with Gasteiger partial charge >= 0.3 is 6.29 Å². The zero-order valence-corrected chi connectivity index (χ0v) is 25.9. The van der Waals surface area contributed by atoms with Crippen LogP contribution < -0.4 is 29.7 Å². The van der Waals surface area contributed by atoms with E-state index >= 15 is 0 Å². The summed E-state index contributed by atoms with van der Waals surface area (Å²) in [5, 5.41) is 6.63. The highest BCUT2D eigenvalue weighted by Gasteiger charge is 2.69. The van der Waals surface area contributed by atoms with Crippen LogP contribution in [0.25, 0.3) is 10.2 Å². The number of thiazole rings is 1. The van der Waals surface area contributed by atoms with Crippen LogP contribution in [0.1, 0.15) is 46.4 Å². The highest BCUT2D eigenvalue weighted by atomic mass is 32.1. The lowest BCUT2D eigenvalue weighted by atomic mass is 9.46. The van der Waals surface area contributed by atoms with Crippen molar-refractivity contribution < 1.29 is 42.1 Å². The number of rotatable bonds is 8. The average molecular weight is 656 g/mol. The number of piperazine rings is 1. The molecular formula is C31H31F2N5O7S. The van der Waals surface area contributed by atoms with Crippen LogP contribution >= 0.6 is 11.3 Å². The van der Waals surface area contributed by atoms with Crippen molar-refractivity contribution in [1.82, 2.24) is 15.2 Å². The zero-order valence-electron chi connectivity index (χ0n) is 25.1. The minimum atomic E-state index is -3.90. The Bertz CT molecular complexity index is 1780. The highest BCUT2D eigenvalue weighted by Crippen LogP contribution is 2.62. The second-order valence-corrected chi connectivity index (χ2v) is 14.2. The first-order chi connectivity index (χ1) is 22.1. The average Bonchev–Trinajstić information content (AvgIpc) is 3.50. The number of anilines is 2. The molecule has 2 atom stereocenters. The standard InChI is InChI=1S/C31H31F2N5O7S/c1-41-21-4-3-19-25(46-28(35-19)38-15-5-16(38)9-37(8-15)17-10-43-11-17)24(21)27(40)34-20-7-23-22(44-31(32,33)45-23)6-18(20)26(39)36-29-12-30(13-29,14-29)42-2/h3-4,6-7,15-17H,5,8-14H2,1-2H3,(H,34,40)(H,36,39). The van der Waals surface area contributed by atoms with E-state index in [1.165, 1.54) is 30.6 Å². The lowest BCUT2D eigenvalue weighted by Gasteiger charge is -2.69. The Kier molecular flexibility index (Phi) is 5.95. The van der Waals surface area contributed by atoms with E-state index in [-0.39, 0.29) is 33.9 Å². The number of amides is 2. The van der Waals surface area contributed by atoms with E-state index in [1.54, 1.807) is 13.2 Å². The predicted octanol–water partition coefficient (Wildman–Crippen LogP) is 3.59. The van der Waals surface area contributed by atoms with Gasteiger partial charge in [0.2, 0.25) is 0 Å². The van der Waals surface area contributed by atoms with Crippen molar-refractivity contribution >= 4 is 44.2 Å². The van der Waals surface area contributed by atoms with Gasteiger partial charge in [-0.1, -0.05) is 11.3 Å². The SMILES string of the molecule is COc1ccc2nc(N3C4CC3CN(C3COC3)C4)sc2c1C(=O)Nc1cc2c(cc1C(=O)NC13CC(OC)(C1)C3)OC(F)(F)O2. The van der Waals surface area contributed by atoms with E-state index < -0.39 is 23.6 Å². The van der Waals surface area contributed by atoms with Crippen molar-refractivity contribution in [2.45, 2.75) is 61.2 Å². The van der Waals surface area contributed by atoms with E-state index in [9.17, 15) is 18.4 Å². The minimum absolute atomic E-state index is 0.00302. The van der Waals surface area contributed by atoms with Crippen LogP contribution in [0.2, 0.25) is 0 Å². The summed E-state index contributed by atoms with van der Waals surface area (Å²) in [5.41, 5.74) is 0.189. The Hall–Kier alpha value is -3.79. The molecule has 0 radical (unpaired) electrons. The van der Waals surface area contributed by atoms with E-state index in [0.29, 0.717) is 53.4 Å². The van der Waals surface area contributed by atoms with Gasteiger partial charge in [0, 0.05) is 43.9 Å². The molecule has 4 bridgehead atoms. The Balaban J connectivity index is 1.02. The van der Waals surface area contributed by atoms with E-state index in [2.05, 4.69) is 29.9 Å². The number of nitrogens with one attached hydrogen (secondary N) is 2. The van der Waals surface area contributed by atoms with Crippen molar-refractivity contribution in [3.63, 3.8) is 0 Å². The maximum Gasteiger partial charge on any atom is 0.586 e. The first-order valence-electron chi connectivity index (χ1n) is 15.3. The number of hydrogen-bond acceptors (Lipinski definition) is 11. The molecule has 7 fully saturated rings. The molecule has 4 saturated heterocycles. The molecule has 1 aromatic heterocycles. The third-order valence-electron chi connectivity index (χ3n) is 10.4. The first-order valence-corrected chi connectivity index (χ1v) is 16.1. The Morgan fingerprint density at radius 1 is 1.02 bits per heavy atom. The quantitative estimate of drug-likeness (QED) is 0.372. The molecular weight excluding hydrogens is 624 g/mol. The number of carbonyl (C=O) groups excluding carboxylic acids is 2. The fraction of sp³-hybridized carbons (Fsp3) is 0.516. The number of benzene rings is 2. The zero-order chi connectivity index (χ0) is 31.6. The van der Waals surface area contributed by atoms with Crippen LogP contribution in [0.5, 0.6) is 17.2 Å². The Labute approximate surface area is 265 Å². The van der Waals surface area contributed by atoms with Gasteiger partial charge in [0.15, 0.2) is 16.6 Å². The molecule has 2 aromatic carbocycles. The predicted molar refractivity (Wildman–Crippen MR) is 161 cm³/mol. The molecule has 15 heteroatoms. The Morgan fingerprint density at radius 3 is 2.39 bits per heavy atom. The van der Waals surface area contributed by atoms with Gasteiger partial charge in [-0.05, 0) is 43.9 Å². The molecule has 6 heterocycles. The molecule has 46 heavy (non-hydrogen) atoms. The molecule has 242 valence electrons. The Morgan fingerprint density at radius 2 is 1.74 bits per heavy atom. The molecule has 5 aliphatic heterocycles. The van der Waals surface area contributed by atoms with Gasteiger partial charge in [-0.3, -0.25) is 14.5 Å². The topological polar surface area (TPSA) is 124 Å². The molecule has 0 spiro atoms. The molecule has 3 aliphatic carbocycles. The number of carbonyl (C=O) groups is 2. The number of methoxy groups -OCH3 is 2. The van der Waals surface area contributed by atoms with Crippen LogP contribution in [0, 0.1) is 0 Å². The summed E-state index contributed by atoms with van der Waals surface area (Å²) in [5.74, 6) is -1.39. The van der Waals surface area contributed by atoms with E-state index in [0.717, 1.165) is 37.9 Å². The highest BCUT2D eigenvalue weighted by molar-refractivity contribution is 7.22. The molecule has 8 aliphatic rings. The molecule has 11 rings (SSSR count). The fourth-order valence-electron chi connectivity index (χ4n) is 7.97. The molecule has 2 N–H and O–H groups in total. The number of halogens is 2. The molecule has 12 nitrogen and oxygen atoms in total. The largest absolute Gasteiger partial charge is 0.586 e. The smallest absolute Gasteiger partial charge is 0.496 e. The second kappa shape index (κ2) is 9.62. The van der Waals surface area contributed by atoms with Crippen molar-refractivity contribution in [2.24, 2.45) is 0 Å². The summed E-state index contributed by atoms with van der Waals surface area (Å²) >= 11 is 1.41. The fourth-order valence-corrected chi connectivity index (χ4v) is 9.21. The summed E-state index contributed by atoms with van der Waals surface area (Å²) in [4.78, 5) is 37.4. The van der Waals surface area contributed by atoms with Crippen molar-refractivity contribution in [2.75, 3.05) is 50.7 Å². The van der Waals surface area contributed by atoms with Crippen LogP contribution in [-0.4, -0.2) is 97.8 Å². The number of aromatic nitrogens is 1. The molecule has 2 unspecified atom stereocenters. The monoisotopic (exact) mass is 655 g/mol. The third kappa shape index (κ3) is 4.21. The summed E-state index contributed by atoms with van der Waals surface area (Å²) < 4.78 is 54.5. The van der Waals surface area contributed by atoms with Crippen LogP contribution in [0.4, 0.5) is 19.6 Å². The van der Waals surface area contributed by atoms with Crippen molar-refractivity contribution in [1.29, 1.82) is 0 Å². The summed E-state index contributed by atoms with van der Waals surface area (Å²) in [6, 6.07) is 7.01. The number of piperidine rings is 1. The van der Waals surface area contributed by atoms with Crippen LogP contribution in [-0.2, 0) is 9.47 Å². The normalized spacial score (nSPS) is 30.1. The van der Waals surface area contributed by atoms with Crippen LogP contribution in [0.15, 0.2) is 24.3 Å². The number of alkyl halides is 2. The summed E-state index contributed by atoms with van der Waals surface area (Å²) in [7, 11) is 3.11. The van der Waals surface area contributed by atoms with Gasteiger partial charge in [0.05, 0.1) is 53.4 Å². The third-order valence-corrected chi connectivity index (χ3v) is 11.5. The number of nitrogens with zero attached hydrogens (tertiary/aromatic N) is 3. The maximum atomic E-state index is 14.1. The van der Waals surface area contributed by atoms with Gasteiger partial charge in [-0.15, -0.1) is 8.78 Å². The second-order valence-electron chi connectivity index (χ2n) is 13.2. The van der Waals surface area contributed by atoms with Gasteiger partial charge < -0.3 is 39.2 Å². The van der Waals surface area contributed by atoms with Crippen molar-refractivity contribution in [3.8, 4) is 17.2 Å². The first kappa shape index (κ1) is 28.4. The lowest BCUT2D eigenvalue weighted by Crippen LogP contribution is -2.79. The molecule has 3 saturated carbocycles. The van der Waals surface area contributed by atoms with Gasteiger partial charge in [0.1, 0.15) is 11.3 Å². The summed E-state index contributed by atoms with van der Waals surface area (Å²) in [6.45, 7) is 3.45. The number of hydrogen-bond donors (Lipinski definition) is 2. The van der Waals surface area contributed by atoms with E-state index in [1.807, 2.05) is 6.07 Å². The van der Waals surface area contributed by atoms with Gasteiger partial charge in [-0.2, -0.15) is 0 Å². The number of fused-ring (bicyclic) bond motifs is 4. The summed E-state index contributed by atoms with van der Waals surface area (Å²) in [6.07, 6.45) is -0.830. The molecule has 3 aromatic rings. The minimum Gasteiger partial charge on any atom is -0.496 e. The van der Waals surface area contributed by atoms with Gasteiger partial charge in [-0.25, -0.2) is 4.98 Å².